The van der Waals surface area contributed by atoms with Crippen molar-refractivity contribution < 1.29 is 4.39 Å². The molecule has 3 nitrogen and oxygen atoms in total. The van der Waals surface area contributed by atoms with Gasteiger partial charge in [0.15, 0.2) is 0 Å². The molecule has 0 atom stereocenters. The van der Waals surface area contributed by atoms with Crippen molar-refractivity contribution in [2.24, 2.45) is 0 Å². The number of aryl methyl sites for hydroxylation is 2. The lowest BCUT2D eigenvalue weighted by molar-refractivity contribution is 0.625. The van der Waals surface area contributed by atoms with Crippen molar-refractivity contribution >= 4 is 5.95 Å². The van der Waals surface area contributed by atoms with E-state index in [2.05, 4.69) is 10.3 Å². The number of rotatable bonds is 3. The summed E-state index contributed by atoms with van der Waals surface area (Å²) >= 11 is 0. The molecule has 0 unspecified atom stereocenters. The van der Waals surface area contributed by atoms with Gasteiger partial charge in [0, 0.05) is 12.2 Å². The lowest BCUT2D eigenvalue weighted by Crippen LogP contribution is -2.08. The Kier molecular flexibility index (Phi) is 2.58. The maximum Gasteiger partial charge on any atom is 0.207 e. The van der Waals surface area contributed by atoms with Crippen LogP contribution in [0.1, 0.15) is 24.1 Å². The van der Waals surface area contributed by atoms with Crippen molar-refractivity contribution in [3.05, 3.63) is 41.5 Å². The van der Waals surface area contributed by atoms with E-state index in [0.29, 0.717) is 6.04 Å². The zero-order valence-electron chi connectivity index (χ0n) is 10.6. The predicted molar refractivity (Wildman–Crippen MR) is 69.6 cm³/mol. The molecule has 3 rings (SSSR count). The first-order valence-corrected chi connectivity index (χ1v) is 6.22. The summed E-state index contributed by atoms with van der Waals surface area (Å²) < 4.78 is 15.4. The lowest BCUT2D eigenvalue weighted by atomic mass is 10.2. The molecular formula is C14H16FN3. The van der Waals surface area contributed by atoms with Crippen molar-refractivity contribution in [3.8, 4) is 5.69 Å². The van der Waals surface area contributed by atoms with Crippen LogP contribution in [0.2, 0.25) is 0 Å². The Morgan fingerprint density at radius 3 is 2.72 bits per heavy atom. The maximum absolute atomic E-state index is 13.5. The van der Waals surface area contributed by atoms with E-state index >= 15 is 0 Å². The molecule has 0 amide bonds. The number of hydrogen-bond donors (Lipinski definition) is 1. The highest BCUT2D eigenvalue weighted by atomic mass is 19.1. The number of benzene rings is 1. The van der Waals surface area contributed by atoms with Crippen LogP contribution < -0.4 is 5.32 Å². The van der Waals surface area contributed by atoms with Crippen LogP contribution in [0.25, 0.3) is 5.69 Å². The smallest absolute Gasteiger partial charge is 0.207 e. The lowest BCUT2D eigenvalue weighted by Gasteiger charge is -2.10. The van der Waals surface area contributed by atoms with Gasteiger partial charge in [0.05, 0.1) is 11.4 Å². The van der Waals surface area contributed by atoms with Crippen LogP contribution in [0.4, 0.5) is 10.3 Å². The first kappa shape index (κ1) is 11.3. The van der Waals surface area contributed by atoms with Crippen LogP contribution in [0.3, 0.4) is 0 Å². The Morgan fingerprint density at radius 2 is 2.06 bits per heavy atom. The van der Waals surface area contributed by atoms with E-state index < -0.39 is 0 Å². The minimum atomic E-state index is -0.214. The van der Waals surface area contributed by atoms with Crippen LogP contribution in [-0.4, -0.2) is 15.6 Å². The van der Waals surface area contributed by atoms with E-state index in [9.17, 15) is 4.39 Å². The number of halogens is 1. The number of aromatic nitrogens is 2. The van der Waals surface area contributed by atoms with E-state index in [0.717, 1.165) is 22.9 Å². The molecule has 1 aliphatic carbocycles. The van der Waals surface area contributed by atoms with Crippen molar-refractivity contribution in [1.82, 2.24) is 9.55 Å². The van der Waals surface area contributed by atoms with Gasteiger partial charge in [0.2, 0.25) is 5.95 Å². The summed E-state index contributed by atoms with van der Waals surface area (Å²) in [5.41, 5.74) is 2.66. The highest BCUT2D eigenvalue weighted by Crippen LogP contribution is 2.26. The van der Waals surface area contributed by atoms with Gasteiger partial charge in [0.25, 0.3) is 0 Å². The summed E-state index contributed by atoms with van der Waals surface area (Å²) in [5.74, 6) is 0.591. The molecule has 1 heterocycles. The fraction of sp³-hybridized carbons (Fsp3) is 0.357. The molecule has 1 N–H and O–H groups in total. The van der Waals surface area contributed by atoms with Gasteiger partial charge in [-0.15, -0.1) is 0 Å². The zero-order valence-corrected chi connectivity index (χ0v) is 10.6. The highest BCUT2D eigenvalue weighted by Gasteiger charge is 2.23. The second kappa shape index (κ2) is 4.12. The van der Waals surface area contributed by atoms with Gasteiger partial charge < -0.3 is 5.32 Å². The Balaban J connectivity index is 2.03. The van der Waals surface area contributed by atoms with Gasteiger partial charge in [-0.05, 0) is 50.5 Å². The monoisotopic (exact) mass is 245 g/mol. The number of anilines is 1. The summed E-state index contributed by atoms with van der Waals surface area (Å²) in [6.07, 6.45) is 4.31. The SMILES string of the molecule is Cc1cc(F)cc(-n2cc(C)nc2NC2CC2)c1. The van der Waals surface area contributed by atoms with E-state index in [1.165, 1.54) is 25.0 Å². The molecule has 0 radical (unpaired) electrons. The van der Waals surface area contributed by atoms with Gasteiger partial charge in [-0.25, -0.2) is 9.37 Å². The Morgan fingerprint density at radius 1 is 1.28 bits per heavy atom. The van der Waals surface area contributed by atoms with Gasteiger partial charge in [0.1, 0.15) is 5.82 Å². The summed E-state index contributed by atoms with van der Waals surface area (Å²) in [4.78, 5) is 4.46. The van der Waals surface area contributed by atoms with E-state index in [4.69, 9.17) is 0 Å². The summed E-state index contributed by atoms with van der Waals surface area (Å²) in [6.45, 7) is 3.84. The molecule has 0 spiro atoms. The third-order valence-electron chi connectivity index (χ3n) is 3.04. The first-order valence-electron chi connectivity index (χ1n) is 6.22. The van der Waals surface area contributed by atoms with Crippen molar-refractivity contribution in [3.63, 3.8) is 0 Å². The summed E-state index contributed by atoms with van der Waals surface area (Å²) in [5, 5.41) is 3.37. The molecule has 1 aromatic heterocycles. The van der Waals surface area contributed by atoms with Crippen LogP contribution in [0.5, 0.6) is 0 Å². The molecule has 1 saturated carbocycles. The molecule has 1 fully saturated rings. The molecule has 94 valence electrons. The quantitative estimate of drug-likeness (QED) is 0.900. The number of nitrogens with one attached hydrogen (secondary N) is 1. The third kappa shape index (κ3) is 2.23. The summed E-state index contributed by atoms with van der Waals surface area (Å²) in [7, 11) is 0. The summed E-state index contributed by atoms with van der Waals surface area (Å²) in [6, 6.07) is 5.55. The molecular weight excluding hydrogens is 229 g/mol. The molecule has 2 aromatic rings. The molecule has 4 heteroatoms. The molecule has 0 aliphatic heterocycles. The highest BCUT2D eigenvalue weighted by molar-refractivity contribution is 5.45. The number of hydrogen-bond acceptors (Lipinski definition) is 2. The van der Waals surface area contributed by atoms with Gasteiger partial charge in [-0.3, -0.25) is 4.57 Å². The van der Waals surface area contributed by atoms with Gasteiger partial charge in [-0.2, -0.15) is 0 Å². The number of nitrogens with zero attached hydrogens (tertiary/aromatic N) is 2. The van der Waals surface area contributed by atoms with E-state index in [-0.39, 0.29) is 5.82 Å². The zero-order chi connectivity index (χ0) is 12.7. The average molecular weight is 245 g/mol. The number of imidazole rings is 1. The van der Waals surface area contributed by atoms with Crippen LogP contribution in [0.15, 0.2) is 24.4 Å². The van der Waals surface area contributed by atoms with Crippen LogP contribution in [0, 0.1) is 19.7 Å². The largest absolute Gasteiger partial charge is 0.353 e. The second-order valence-corrected chi connectivity index (χ2v) is 4.98. The van der Waals surface area contributed by atoms with Crippen molar-refractivity contribution in [2.45, 2.75) is 32.7 Å². The van der Waals surface area contributed by atoms with E-state index in [1.807, 2.05) is 30.7 Å². The second-order valence-electron chi connectivity index (χ2n) is 4.98. The minimum Gasteiger partial charge on any atom is -0.353 e. The predicted octanol–water partition coefficient (Wildman–Crippen LogP) is 3.20. The maximum atomic E-state index is 13.5. The van der Waals surface area contributed by atoms with Crippen LogP contribution in [-0.2, 0) is 0 Å². The van der Waals surface area contributed by atoms with Gasteiger partial charge >= 0.3 is 0 Å². The normalized spacial score (nSPS) is 14.8. The van der Waals surface area contributed by atoms with Crippen molar-refractivity contribution in [2.75, 3.05) is 5.32 Å². The van der Waals surface area contributed by atoms with Crippen molar-refractivity contribution in [1.29, 1.82) is 0 Å². The molecule has 0 saturated heterocycles. The molecule has 18 heavy (non-hydrogen) atoms. The fourth-order valence-corrected chi connectivity index (χ4v) is 2.06. The topological polar surface area (TPSA) is 29.9 Å². The van der Waals surface area contributed by atoms with E-state index in [1.54, 1.807) is 0 Å². The average Bonchev–Trinajstić information content (AvgIpc) is 3.00. The Hall–Kier alpha value is -1.84. The third-order valence-corrected chi connectivity index (χ3v) is 3.04. The van der Waals surface area contributed by atoms with Gasteiger partial charge in [-0.1, -0.05) is 0 Å². The first-order chi connectivity index (χ1) is 8.61. The Bertz CT molecular complexity index is 564. The van der Waals surface area contributed by atoms with Crippen LogP contribution >= 0.6 is 0 Å². The standard InChI is InChI=1S/C14H16FN3/c1-9-5-11(15)7-13(6-9)18-8-10(2)16-14(18)17-12-3-4-12/h5-8,12H,3-4H2,1-2H3,(H,16,17). The minimum absolute atomic E-state index is 0.214. The molecule has 1 aliphatic rings. The fourth-order valence-electron chi connectivity index (χ4n) is 2.06. The molecule has 1 aromatic carbocycles. The Labute approximate surface area is 106 Å². The molecule has 0 bridgehead atoms.